The van der Waals surface area contributed by atoms with E-state index in [1.54, 1.807) is 11.6 Å². The normalized spacial score (nSPS) is 19.3. The third-order valence-corrected chi connectivity index (χ3v) is 5.08. The molecule has 0 atom stereocenters. The maximum atomic E-state index is 12.6. The summed E-state index contributed by atoms with van der Waals surface area (Å²) in [6.45, 7) is 4.14. The molecule has 0 spiro atoms. The molecule has 132 valence electrons. The number of benzene rings is 1. The van der Waals surface area contributed by atoms with Crippen LogP contribution in [0.1, 0.15) is 40.2 Å². The van der Waals surface area contributed by atoms with Gasteiger partial charge < -0.3 is 10.4 Å². The van der Waals surface area contributed by atoms with Crippen molar-refractivity contribution in [3.63, 3.8) is 0 Å². The van der Waals surface area contributed by atoms with Crippen LogP contribution < -0.4 is 5.32 Å². The van der Waals surface area contributed by atoms with Gasteiger partial charge in [-0.15, -0.1) is 0 Å². The Kier molecular flexibility index (Phi) is 4.81. The van der Waals surface area contributed by atoms with Gasteiger partial charge in [-0.1, -0.05) is 29.8 Å². The largest absolute Gasteiger partial charge is 0.481 e. The third-order valence-electron chi connectivity index (χ3n) is 4.71. The number of halogens is 1. The van der Waals surface area contributed by atoms with Crippen molar-refractivity contribution in [2.75, 3.05) is 0 Å². The van der Waals surface area contributed by atoms with Gasteiger partial charge >= 0.3 is 5.97 Å². The molecule has 3 rings (SSSR count). The number of hydrogen-bond acceptors (Lipinski definition) is 3. The highest BCUT2D eigenvalue weighted by Gasteiger charge is 2.36. The topological polar surface area (TPSA) is 84.2 Å². The van der Waals surface area contributed by atoms with Gasteiger partial charge in [0.25, 0.3) is 5.91 Å². The summed E-state index contributed by atoms with van der Waals surface area (Å²) in [7, 11) is 0. The maximum absolute atomic E-state index is 12.6. The molecule has 1 aromatic heterocycles. The Bertz CT molecular complexity index is 825. The second kappa shape index (κ2) is 6.88. The first-order chi connectivity index (χ1) is 11.9. The predicted molar refractivity (Wildman–Crippen MR) is 93.9 cm³/mol. The van der Waals surface area contributed by atoms with Crippen LogP contribution in [-0.2, 0) is 11.3 Å². The lowest BCUT2D eigenvalue weighted by Gasteiger charge is -2.32. The predicted octanol–water partition coefficient (Wildman–Crippen LogP) is 2.79. The molecule has 6 nitrogen and oxygen atoms in total. The van der Waals surface area contributed by atoms with E-state index in [9.17, 15) is 9.59 Å². The fraction of sp³-hybridized carbons (Fsp3) is 0.389. The lowest BCUT2D eigenvalue weighted by atomic mass is 9.80. The number of nitrogens with one attached hydrogen (secondary N) is 1. The number of carboxylic acids is 1. The second-order valence-electron chi connectivity index (χ2n) is 6.47. The van der Waals surface area contributed by atoms with Crippen LogP contribution in [0.25, 0.3) is 0 Å². The molecule has 25 heavy (non-hydrogen) atoms. The van der Waals surface area contributed by atoms with Crippen molar-refractivity contribution in [3.05, 3.63) is 51.8 Å². The average Bonchev–Trinajstić information content (AvgIpc) is 2.78. The number of aromatic nitrogens is 2. The van der Waals surface area contributed by atoms with Crippen molar-refractivity contribution in [1.82, 2.24) is 15.1 Å². The van der Waals surface area contributed by atoms with E-state index < -0.39 is 5.97 Å². The Morgan fingerprint density at radius 1 is 1.32 bits per heavy atom. The molecule has 2 aromatic rings. The number of nitrogens with zero attached hydrogens (tertiary/aromatic N) is 2. The summed E-state index contributed by atoms with van der Waals surface area (Å²) < 4.78 is 1.77. The van der Waals surface area contributed by atoms with Crippen molar-refractivity contribution in [2.45, 2.75) is 39.3 Å². The number of hydrogen-bond donors (Lipinski definition) is 2. The maximum Gasteiger partial charge on any atom is 0.306 e. The summed E-state index contributed by atoms with van der Waals surface area (Å²) in [4.78, 5) is 23.4. The van der Waals surface area contributed by atoms with Crippen LogP contribution in [0.15, 0.2) is 24.3 Å². The van der Waals surface area contributed by atoms with Gasteiger partial charge in [0, 0.05) is 16.8 Å². The monoisotopic (exact) mass is 361 g/mol. The van der Waals surface area contributed by atoms with E-state index in [0.29, 0.717) is 35.7 Å². The van der Waals surface area contributed by atoms with Gasteiger partial charge in [0.2, 0.25) is 0 Å². The van der Waals surface area contributed by atoms with Crippen LogP contribution in [0.2, 0.25) is 5.02 Å². The van der Waals surface area contributed by atoms with Crippen molar-refractivity contribution in [2.24, 2.45) is 5.92 Å². The van der Waals surface area contributed by atoms with Gasteiger partial charge in [0.1, 0.15) is 0 Å². The van der Waals surface area contributed by atoms with E-state index in [0.717, 1.165) is 11.3 Å². The molecule has 0 saturated heterocycles. The molecule has 7 heteroatoms. The molecular formula is C18H20ClN3O3. The zero-order chi connectivity index (χ0) is 18.1. The van der Waals surface area contributed by atoms with E-state index in [1.165, 1.54) is 0 Å². The van der Waals surface area contributed by atoms with E-state index >= 15 is 0 Å². The zero-order valence-electron chi connectivity index (χ0n) is 14.1. The number of aliphatic carboxylic acids is 1. The highest BCUT2D eigenvalue weighted by Crippen LogP contribution is 2.28. The lowest BCUT2D eigenvalue weighted by molar-refractivity contribution is -0.145. The first-order valence-corrected chi connectivity index (χ1v) is 8.55. The number of carbonyl (C=O) groups is 2. The van der Waals surface area contributed by atoms with Gasteiger partial charge in [-0.05, 0) is 38.3 Å². The molecule has 0 aliphatic heterocycles. The molecular weight excluding hydrogens is 342 g/mol. The van der Waals surface area contributed by atoms with E-state index in [2.05, 4.69) is 10.4 Å². The Balaban J connectivity index is 1.72. The standard InChI is InChI=1S/C18H20ClN3O3/c1-10-16(17(23)20-14-7-13(8-14)18(24)25)11(2)22(21-10)9-12-5-3-4-6-15(12)19/h3-6,13-14H,7-9H2,1-2H3,(H,20,23)(H,24,25). The molecule has 1 aromatic carbocycles. The molecule has 0 unspecified atom stereocenters. The Morgan fingerprint density at radius 3 is 2.64 bits per heavy atom. The fourth-order valence-corrected chi connectivity index (χ4v) is 3.36. The smallest absolute Gasteiger partial charge is 0.306 e. The molecule has 1 saturated carbocycles. The van der Waals surface area contributed by atoms with Crippen molar-refractivity contribution < 1.29 is 14.7 Å². The van der Waals surface area contributed by atoms with Gasteiger partial charge in [-0.2, -0.15) is 5.10 Å². The van der Waals surface area contributed by atoms with Gasteiger partial charge in [0.05, 0.1) is 23.7 Å². The average molecular weight is 362 g/mol. The van der Waals surface area contributed by atoms with E-state index in [-0.39, 0.29) is 17.9 Å². The zero-order valence-corrected chi connectivity index (χ0v) is 14.9. The summed E-state index contributed by atoms with van der Waals surface area (Å²) in [5.74, 6) is -1.35. The highest BCUT2D eigenvalue weighted by molar-refractivity contribution is 6.31. The number of amides is 1. The third kappa shape index (κ3) is 3.54. The van der Waals surface area contributed by atoms with Crippen molar-refractivity contribution >= 4 is 23.5 Å². The Morgan fingerprint density at radius 2 is 2.00 bits per heavy atom. The molecule has 0 radical (unpaired) electrons. The number of carbonyl (C=O) groups excluding carboxylic acids is 1. The molecule has 1 aliphatic carbocycles. The first-order valence-electron chi connectivity index (χ1n) is 8.18. The summed E-state index contributed by atoms with van der Waals surface area (Å²) in [6, 6.07) is 7.45. The van der Waals surface area contributed by atoms with Crippen LogP contribution >= 0.6 is 11.6 Å². The molecule has 1 heterocycles. The molecule has 1 aliphatic rings. The van der Waals surface area contributed by atoms with Gasteiger partial charge in [-0.3, -0.25) is 14.3 Å². The summed E-state index contributed by atoms with van der Waals surface area (Å²) in [6.07, 6.45) is 0.958. The molecule has 0 bridgehead atoms. The molecule has 2 N–H and O–H groups in total. The quantitative estimate of drug-likeness (QED) is 0.857. The van der Waals surface area contributed by atoms with Gasteiger partial charge in [0.15, 0.2) is 0 Å². The molecule has 1 amide bonds. The van der Waals surface area contributed by atoms with Crippen LogP contribution in [0, 0.1) is 19.8 Å². The van der Waals surface area contributed by atoms with Crippen LogP contribution in [-0.4, -0.2) is 32.8 Å². The summed E-state index contributed by atoms with van der Waals surface area (Å²) in [5.41, 5.74) is 2.90. The van der Waals surface area contributed by atoms with Crippen LogP contribution in [0.3, 0.4) is 0 Å². The van der Waals surface area contributed by atoms with Gasteiger partial charge in [-0.25, -0.2) is 0 Å². The first kappa shape index (κ1) is 17.5. The second-order valence-corrected chi connectivity index (χ2v) is 6.88. The lowest BCUT2D eigenvalue weighted by Crippen LogP contribution is -2.46. The number of rotatable bonds is 5. The highest BCUT2D eigenvalue weighted by atomic mass is 35.5. The SMILES string of the molecule is Cc1nn(Cc2ccccc2Cl)c(C)c1C(=O)NC1CC(C(=O)O)C1. The minimum atomic E-state index is -0.801. The van der Waals surface area contributed by atoms with Crippen molar-refractivity contribution in [3.8, 4) is 0 Å². The number of aryl methyl sites for hydroxylation is 1. The Hall–Kier alpha value is -2.34. The van der Waals surface area contributed by atoms with Crippen LogP contribution in [0.4, 0.5) is 0 Å². The summed E-state index contributed by atoms with van der Waals surface area (Å²) >= 11 is 6.20. The van der Waals surface area contributed by atoms with E-state index in [1.807, 2.05) is 31.2 Å². The van der Waals surface area contributed by atoms with Crippen molar-refractivity contribution in [1.29, 1.82) is 0 Å². The fourth-order valence-electron chi connectivity index (χ4n) is 3.16. The van der Waals surface area contributed by atoms with E-state index in [4.69, 9.17) is 16.7 Å². The minimum Gasteiger partial charge on any atom is -0.481 e. The van der Waals surface area contributed by atoms with Crippen LogP contribution in [0.5, 0.6) is 0 Å². The summed E-state index contributed by atoms with van der Waals surface area (Å²) in [5, 5.41) is 17.0. The number of carboxylic acid groups (broad SMARTS) is 1. The Labute approximate surface area is 150 Å². The molecule has 1 fully saturated rings. The minimum absolute atomic E-state index is 0.0840.